The number of anilines is 1. The average Bonchev–Trinajstić information content (AvgIpc) is 2.60. The Morgan fingerprint density at radius 2 is 1.80 bits per heavy atom. The van der Waals surface area contributed by atoms with E-state index in [1.807, 2.05) is 30.3 Å². The van der Waals surface area contributed by atoms with Crippen LogP contribution in [-0.4, -0.2) is 39.8 Å². The fourth-order valence-corrected chi connectivity index (χ4v) is 2.99. The monoisotopic (exact) mass is 360 g/mol. The van der Waals surface area contributed by atoms with Crippen molar-refractivity contribution >= 4 is 27.7 Å². The molecule has 7 heteroatoms. The number of sulfonamides is 1. The minimum absolute atomic E-state index is 0.0700. The Labute approximate surface area is 147 Å². The summed E-state index contributed by atoms with van der Waals surface area (Å²) in [5, 5.41) is 2.65. The van der Waals surface area contributed by atoms with Gasteiger partial charge in [-0.05, 0) is 29.8 Å². The molecule has 2 rings (SSSR count). The lowest BCUT2D eigenvalue weighted by molar-refractivity contribution is -0.111. The number of nitrogens with zero attached hydrogens (tertiary/aromatic N) is 1. The van der Waals surface area contributed by atoms with Crippen molar-refractivity contribution in [3.05, 3.63) is 60.2 Å². The van der Waals surface area contributed by atoms with Gasteiger partial charge >= 0.3 is 0 Å². The minimum Gasteiger partial charge on any atom is -0.495 e. The van der Waals surface area contributed by atoms with Crippen LogP contribution >= 0.6 is 0 Å². The van der Waals surface area contributed by atoms with Crippen LogP contribution in [0.2, 0.25) is 0 Å². The first-order valence-electron chi connectivity index (χ1n) is 7.49. The molecule has 132 valence electrons. The molecule has 25 heavy (non-hydrogen) atoms. The fraction of sp³-hybridized carbons (Fsp3) is 0.167. The molecule has 0 aliphatic carbocycles. The quantitative estimate of drug-likeness (QED) is 0.804. The zero-order chi connectivity index (χ0) is 18.4. The largest absolute Gasteiger partial charge is 0.495 e. The maximum atomic E-state index is 12.2. The molecule has 1 amide bonds. The molecule has 0 heterocycles. The maximum absolute atomic E-state index is 12.2. The summed E-state index contributed by atoms with van der Waals surface area (Å²) >= 11 is 0. The molecule has 0 saturated heterocycles. The second kappa shape index (κ2) is 7.96. The number of amides is 1. The highest BCUT2D eigenvalue weighted by molar-refractivity contribution is 7.89. The van der Waals surface area contributed by atoms with Crippen molar-refractivity contribution in [1.82, 2.24) is 4.31 Å². The van der Waals surface area contributed by atoms with Gasteiger partial charge in [0.15, 0.2) is 0 Å². The van der Waals surface area contributed by atoms with Crippen LogP contribution in [0.5, 0.6) is 5.75 Å². The predicted molar refractivity (Wildman–Crippen MR) is 98.0 cm³/mol. The van der Waals surface area contributed by atoms with E-state index >= 15 is 0 Å². The molecule has 0 saturated carbocycles. The van der Waals surface area contributed by atoms with Crippen molar-refractivity contribution in [2.24, 2.45) is 0 Å². The third kappa shape index (κ3) is 4.68. The van der Waals surface area contributed by atoms with E-state index in [4.69, 9.17) is 4.74 Å². The number of methoxy groups -OCH3 is 1. The first kappa shape index (κ1) is 18.7. The van der Waals surface area contributed by atoms with Gasteiger partial charge in [0, 0.05) is 20.2 Å². The lowest BCUT2D eigenvalue weighted by atomic mass is 10.2. The molecule has 0 atom stereocenters. The number of carbonyl (C=O) groups is 1. The first-order chi connectivity index (χ1) is 11.8. The zero-order valence-corrected chi connectivity index (χ0v) is 15.1. The van der Waals surface area contributed by atoms with Gasteiger partial charge < -0.3 is 10.1 Å². The van der Waals surface area contributed by atoms with Gasteiger partial charge in [0.05, 0.1) is 17.7 Å². The second-order valence-corrected chi connectivity index (χ2v) is 7.53. The molecule has 0 aromatic heterocycles. The molecule has 0 radical (unpaired) electrons. The average molecular weight is 360 g/mol. The van der Waals surface area contributed by atoms with Gasteiger partial charge in [-0.15, -0.1) is 0 Å². The Kier molecular flexibility index (Phi) is 5.95. The Morgan fingerprint density at radius 3 is 2.40 bits per heavy atom. The van der Waals surface area contributed by atoms with Crippen molar-refractivity contribution in [2.45, 2.75) is 4.90 Å². The molecular weight excluding hydrogens is 340 g/mol. The van der Waals surface area contributed by atoms with Crippen LogP contribution in [0.25, 0.3) is 6.08 Å². The summed E-state index contributed by atoms with van der Waals surface area (Å²) in [4.78, 5) is 12.2. The number of ether oxygens (including phenoxy) is 1. The summed E-state index contributed by atoms with van der Waals surface area (Å²) < 4.78 is 30.8. The number of hydrogen-bond acceptors (Lipinski definition) is 4. The Hall–Kier alpha value is -2.64. The fourth-order valence-electron chi connectivity index (χ4n) is 2.07. The molecule has 2 aromatic rings. The highest BCUT2D eigenvalue weighted by Crippen LogP contribution is 2.28. The SMILES string of the molecule is COc1ccc(S(=O)(=O)N(C)C)cc1NC(=O)C=Cc1ccccc1. The van der Waals surface area contributed by atoms with Gasteiger partial charge in [-0.1, -0.05) is 30.3 Å². The normalized spacial score (nSPS) is 11.7. The van der Waals surface area contributed by atoms with Crippen molar-refractivity contribution in [3.63, 3.8) is 0 Å². The van der Waals surface area contributed by atoms with Gasteiger partial charge in [0.2, 0.25) is 15.9 Å². The van der Waals surface area contributed by atoms with Gasteiger partial charge in [-0.25, -0.2) is 12.7 Å². The Bertz CT molecular complexity index is 875. The third-order valence-corrected chi connectivity index (χ3v) is 5.25. The van der Waals surface area contributed by atoms with E-state index in [1.54, 1.807) is 6.08 Å². The van der Waals surface area contributed by atoms with Crippen LogP contribution in [0, 0.1) is 0 Å². The summed E-state index contributed by atoms with van der Waals surface area (Å²) in [5.41, 5.74) is 1.17. The van der Waals surface area contributed by atoms with Crippen LogP contribution in [0.4, 0.5) is 5.69 Å². The second-order valence-electron chi connectivity index (χ2n) is 5.38. The standard InChI is InChI=1S/C18H20N2O4S/c1-20(2)25(22,23)15-10-11-17(24-3)16(13-15)19-18(21)12-9-14-7-5-4-6-8-14/h4-13H,1-3H3,(H,19,21). The van der Waals surface area contributed by atoms with E-state index in [-0.39, 0.29) is 16.5 Å². The number of rotatable bonds is 6. The van der Waals surface area contributed by atoms with Crippen LogP contribution < -0.4 is 10.1 Å². The molecule has 0 aliphatic heterocycles. The molecule has 0 bridgehead atoms. The van der Waals surface area contributed by atoms with E-state index in [0.29, 0.717) is 5.75 Å². The summed E-state index contributed by atoms with van der Waals surface area (Å²) in [6.45, 7) is 0. The van der Waals surface area contributed by atoms with E-state index in [0.717, 1.165) is 9.87 Å². The topological polar surface area (TPSA) is 75.7 Å². The number of benzene rings is 2. The number of carbonyl (C=O) groups excluding carboxylic acids is 1. The van der Waals surface area contributed by atoms with Gasteiger partial charge in [0.25, 0.3) is 0 Å². The first-order valence-corrected chi connectivity index (χ1v) is 8.93. The summed E-state index contributed by atoms with van der Waals surface area (Å²) in [5.74, 6) is -0.0132. The molecule has 2 aromatic carbocycles. The minimum atomic E-state index is -3.61. The van der Waals surface area contributed by atoms with Crippen molar-refractivity contribution < 1.29 is 17.9 Å². The van der Waals surface area contributed by atoms with E-state index in [9.17, 15) is 13.2 Å². The molecule has 1 N–H and O–H groups in total. The highest BCUT2D eigenvalue weighted by atomic mass is 32.2. The number of nitrogens with one attached hydrogen (secondary N) is 1. The van der Waals surface area contributed by atoms with Crippen LogP contribution in [-0.2, 0) is 14.8 Å². The Balaban J connectivity index is 2.25. The van der Waals surface area contributed by atoms with E-state index in [2.05, 4.69) is 5.32 Å². The smallest absolute Gasteiger partial charge is 0.248 e. The van der Waals surface area contributed by atoms with E-state index in [1.165, 1.54) is 45.5 Å². The molecule has 0 spiro atoms. The third-order valence-electron chi connectivity index (χ3n) is 3.43. The molecule has 0 unspecified atom stereocenters. The predicted octanol–water partition coefficient (Wildman–Crippen LogP) is 2.60. The summed E-state index contributed by atoms with van der Waals surface area (Å²) in [6.07, 6.45) is 3.05. The van der Waals surface area contributed by atoms with Gasteiger partial charge in [-0.3, -0.25) is 4.79 Å². The summed E-state index contributed by atoms with van der Waals surface area (Å²) in [6, 6.07) is 13.7. The van der Waals surface area contributed by atoms with Gasteiger partial charge in [-0.2, -0.15) is 0 Å². The highest BCUT2D eigenvalue weighted by Gasteiger charge is 2.19. The van der Waals surface area contributed by atoms with Crippen LogP contribution in [0.15, 0.2) is 59.5 Å². The lowest BCUT2D eigenvalue weighted by Crippen LogP contribution is -2.22. The molecule has 0 fully saturated rings. The zero-order valence-electron chi connectivity index (χ0n) is 14.3. The molecular formula is C18H20N2O4S. The van der Waals surface area contributed by atoms with E-state index < -0.39 is 10.0 Å². The molecule has 0 aliphatic rings. The van der Waals surface area contributed by atoms with Crippen molar-refractivity contribution in [1.29, 1.82) is 0 Å². The molecule has 6 nitrogen and oxygen atoms in total. The lowest BCUT2D eigenvalue weighted by Gasteiger charge is -2.14. The summed E-state index contributed by atoms with van der Waals surface area (Å²) in [7, 11) is 0.732. The Morgan fingerprint density at radius 1 is 1.12 bits per heavy atom. The van der Waals surface area contributed by atoms with Crippen molar-refractivity contribution in [2.75, 3.05) is 26.5 Å². The number of hydrogen-bond donors (Lipinski definition) is 1. The van der Waals surface area contributed by atoms with Crippen molar-refractivity contribution in [3.8, 4) is 5.75 Å². The van der Waals surface area contributed by atoms with Crippen LogP contribution in [0.1, 0.15) is 5.56 Å². The van der Waals surface area contributed by atoms with Gasteiger partial charge in [0.1, 0.15) is 5.75 Å². The maximum Gasteiger partial charge on any atom is 0.248 e. The van der Waals surface area contributed by atoms with Crippen LogP contribution in [0.3, 0.4) is 0 Å².